The highest BCUT2D eigenvalue weighted by atomic mass is 32.2. The van der Waals surface area contributed by atoms with Gasteiger partial charge < -0.3 is 14.1 Å². The summed E-state index contributed by atoms with van der Waals surface area (Å²) >= 11 is 1.57. The lowest BCUT2D eigenvalue weighted by Gasteiger charge is -2.27. The molecule has 0 unspecified atom stereocenters. The van der Waals surface area contributed by atoms with Gasteiger partial charge in [-0.05, 0) is 30.7 Å². The summed E-state index contributed by atoms with van der Waals surface area (Å²) in [5, 5.41) is 9.42. The molecule has 0 aliphatic carbocycles. The minimum Gasteiger partial charge on any atom is -0.461 e. The molecule has 1 aromatic carbocycles. The Labute approximate surface area is 167 Å². The predicted molar refractivity (Wildman–Crippen MR) is 106 cm³/mol. The summed E-state index contributed by atoms with van der Waals surface area (Å²) in [5.41, 5.74) is 1.74. The van der Waals surface area contributed by atoms with Crippen molar-refractivity contribution in [3.8, 4) is 11.6 Å². The molecule has 0 N–H and O–H groups in total. The Hall–Kier alpha value is -2.58. The summed E-state index contributed by atoms with van der Waals surface area (Å²) in [6, 6.07) is 11.5. The molecule has 0 radical (unpaired) electrons. The number of hydrogen-bond acceptors (Lipinski definition) is 6. The van der Waals surface area contributed by atoms with Crippen LogP contribution in [0.2, 0.25) is 0 Å². The molecule has 0 bridgehead atoms. The van der Waals surface area contributed by atoms with Crippen LogP contribution in [0.25, 0.3) is 11.6 Å². The molecule has 0 atom stereocenters. The smallest absolute Gasteiger partial charge is 0.254 e. The minimum atomic E-state index is 0.0627. The average Bonchev–Trinajstić information content (AvgIpc) is 3.42. The van der Waals surface area contributed by atoms with Gasteiger partial charge in [-0.1, -0.05) is 30.0 Å². The molecule has 0 saturated carbocycles. The van der Waals surface area contributed by atoms with E-state index in [1.807, 2.05) is 45.9 Å². The van der Waals surface area contributed by atoms with Gasteiger partial charge in [0.1, 0.15) is 0 Å². The van der Waals surface area contributed by atoms with Gasteiger partial charge in [-0.2, -0.15) is 0 Å². The van der Waals surface area contributed by atoms with Crippen molar-refractivity contribution in [3.05, 3.63) is 53.8 Å². The fourth-order valence-corrected chi connectivity index (χ4v) is 4.21. The first-order valence-electron chi connectivity index (χ1n) is 9.32. The van der Waals surface area contributed by atoms with E-state index in [4.69, 9.17) is 9.15 Å². The standard InChI is InChI=1S/C20H22N4O3S/c1-2-24-18(17-8-5-11-27-17)21-22-20(24)28-14-15-6-3-4-7-16(15)19(25)23-9-12-26-13-10-23/h3-8,11H,2,9-10,12-14H2,1H3. The van der Waals surface area contributed by atoms with E-state index in [1.54, 1.807) is 18.0 Å². The largest absolute Gasteiger partial charge is 0.461 e. The summed E-state index contributed by atoms with van der Waals surface area (Å²) in [5.74, 6) is 2.12. The molecule has 1 aliphatic heterocycles. The van der Waals surface area contributed by atoms with Crippen LogP contribution in [-0.4, -0.2) is 51.9 Å². The van der Waals surface area contributed by atoms with E-state index in [1.165, 1.54) is 0 Å². The number of benzene rings is 1. The second-order valence-electron chi connectivity index (χ2n) is 6.38. The van der Waals surface area contributed by atoms with Crippen LogP contribution in [0.5, 0.6) is 0 Å². The highest BCUT2D eigenvalue weighted by Crippen LogP contribution is 2.28. The molecule has 2 aromatic heterocycles. The van der Waals surface area contributed by atoms with Crippen molar-refractivity contribution in [1.29, 1.82) is 0 Å². The van der Waals surface area contributed by atoms with E-state index in [9.17, 15) is 4.79 Å². The van der Waals surface area contributed by atoms with Crippen molar-refractivity contribution in [3.63, 3.8) is 0 Å². The molecule has 28 heavy (non-hydrogen) atoms. The topological polar surface area (TPSA) is 73.4 Å². The molecule has 1 aliphatic rings. The minimum absolute atomic E-state index is 0.0627. The second kappa shape index (κ2) is 8.62. The van der Waals surface area contributed by atoms with E-state index in [2.05, 4.69) is 17.1 Å². The summed E-state index contributed by atoms with van der Waals surface area (Å²) in [6.45, 7) is 5.25. The van der Waals surface area contributed by atoms with Crippen molar-refractivity contribution in [2.24, 2.45) is 0 Å². The summed E-state index contributed by atoms with van der Waals surface area (Å²) < 4.78 is 12.8. The van der Waals surface area contributed by atoms with Crippen molar-refractivity contribution in [2.75, 3.05) is 26.3 Å². The van der Waals surface area contributed by atoms with Crippen LogP contribution in [0.4, 0.5) is 0 Å². The molecular formula is C20H22N4O3S. The lowest BCUT2D eigenvalue weighted by molar-refractivity contribution is 0.0302. The Balaban J connectivity index is 1.52. The van der Waals surface area contributed by atoms with Gasteiger partial charge in [0.15, 0.2) is 16.7 Å². The zero-order valence-electron chi connectivity index (χ0n) is 15.7. The number of furan rings is 1. The number of hydrogen-bond donors (Lipinski definition) is 0. The Kier molecular flexibility index (Phi) is 5.78. The normalized spacial score (nSPS) is 14.4. The fourth-order valence-electron chi connectivity index (χ4n) is 3.20. The van der Waals surface area contributed by atoms with Crippen LogP contribution in [0, 0.1) is 0 Å². The van der Waals surface area contributed by atoms with E-state index in [0.29, 0.717) is 43.6 Å². The maximum absolute atomic E-state index is 12.9. The van der Waals surface area contributed by atoms with E-state index in [-0.39, 0.29) is 5.91 Å². The molecule has 1 amide bonds. The number of carbonyl (C=O) groups is 1. The molecule has 8 heteroatoms. The van der Waals surface area contributed by atoms with Gasteiger partial charge >= 0.3 is 0 Å². The van der Waals surface area contributed by atoms with Crippen LogP contribution in [0.1, 0.15) is 22.8 Å². The van der Waals surface area contributed by atoms with Crippen LogP contribution >= 0.6 is 11.8 Å². The van der Waals surface area contributed by atoms with Gasteiger partial charge in [0.05, 0.1) is 19.5 Å². The van der Waals surface area contributed by atoms with Crippen LogP contribution in [-0.2, 0) is 17.0 Å². The zero-order valence-corrected chi connectivity index (χ0v) is 16.5. The fraction of sp³-hybridized carbons (Fsp3) is 0.350. The first-order valence-corrected chi connectivity index (χ1v) is 10.3. The van der Waals surface area contributed by atoms with Gasteiger partial charge in [-0.15, -0.1) is 10.2 Å². The van der Waals surface area contributed by atoms with Crippen molar-refractivity contribution in [2.45, 2.75) is 24.4 Å². The molecule has 3 aromatic rings. The molecule has 7 nitrogen and oxygen atoms in total. The molecular weight excluding hydrogens is 376 g/mol. The third-order valence-corrected chi connectivity index (χ3v) is 5.69. The SMILES string of the molecule is CCn1c(SCc2ccccc2C(=O)N2CCOCC2)nnc1-c1ccco1. The highest BCUT2D eigenvalue weighted by molar-refractivity contribution is 7.98. The quantitative estimate of drug-likeness (QED) is 0.593. The number of nitrogens with zero attached hydrogens (tertiary/aromatic N) is 4. The van der Waals surface area contributed by atoms with Gasteiger partial charge in [0, 0.05) is 31.0 Å². The Morgan fingerprint density at radius 1 is 1.14 bits per heavy atom. The van der Waals surface area contributed by atoms with Gasteiger partial charge in [0.25, 0.3) is 5.91 Å². The highest BCUT2D eigenvalue weighted by Gasteiger charge is 2.21. The number of carbonyl (C=O) groups excluding carboxylic acids is 1. The Morgan fingerprint density at radius 2 is 1.96 bits per heavy atom. The van der Waals surface area contributed by atoms with Crippen LogP contribution < -0.4 is 0 Å². The van der Waals surface area contributed by atoms with Crippen molar-refractivity contribution in [1.82, 2.24) is 19.7 Å². The number of amides is 1. The number of ether oxygens (including phenoxy) is 1. The van der Waals surface area contributed by atoms with Crippen LogP contribution in [0.3, 0.4) is 0 Å². The van der Waals surface area contributed by atoms with Gasteiger partial charge in [-0.25, -0.2) is 0 Å². The lowest BCUT2D eigenvalue weighted by atomic mass is 10.1. The maximum atomic E-state index is 12.9. The van der Waals surface area contributed by atoms with Crippen molar-refractivity contribution < 1.29 is 13.9 Å². The first kappa shape index (κ1) is 18.8. The number of thioether (sulfide) groups is 1. The Bertz CT molecular complexity index is 933. The Morgan fingerprint density at radius 3 is 2.71 bits per heavy atom. The molecule has 0 spiro atoms. The molecule has 1 saturated heterocycles. The molecule has 146 valence electrons. The average molecular weight is 398 g/mol. The number of rotatable bonds is 6. The van der Waals surface area contributed by atoms with E-state index < -0.39 is 0 Å². The zero-order chi connectivity index (χ0) is 19.3. The summed E-state index contributed by atoms with van der Waals surface area (Å²) in [6.07, 6.45) is 1.63. The third kappa shape index (κ3) is 3.83. The maximum Gasteiger partial charge on any atom is 0.254 e. The van der Waals surface area contributed by atoms with Gasteiger partial charge in [0.2, 0.25) is 0 Å². The lowest BCUT2D eigenvalue weighted by Crippen LogP contribution is -2.41. The van der Waals surface area contributed by atoms with Crippen molar-refractivity contribution >= 4 is 17.7 Å². The molecule has 4 rings (SSSR count). The predicted octanol–water partition coefficient (Wildman–Crippen LogP) is 3.32. The number of aromatic nitrogens is 3. The molecule has 3 heterocycles. The third-order valence-electron chi connectivity index (χ3n) is 4.68. The van der Waals surface area contributed by atoms with E-state index in [0.717, 1.165) is 22.8 Å². The van der Waals surface area contributed by atoms with Gasteiger partial charge in [-0.3, -0.25) is 9.36 Å². The monoisotopic (exact) mass is 398 g/mol. The first-order chi connectivity index (χ1) is 13.8. The molecule has 1 fully saturated rings. The van der Waals surface area contributed by atoms with E-state index >= 15 is 0 Å². The number of morpholine rings is 1. The van der Waals surface area contributed by atoms with Crippen LogP contribution in [0.15, 0.2) is 52.2 Å². The second-order valence-corrected chi connectivity index (χ2v) is 7.32. The summed E-state index contributed by atoms with van der Waals surface area (Å²) in [7, 11) is 0. The summed E-state index contributed by atoms with van der Waals surface area (Å²) in [4.78, 5) is 14.8.